The van der Waals surface area contributed by atoms with E-state index in [9.17, 15) is 12.6 Å². The second-order valence-corrected chi connectivity index (χ2v) is 7.61. The normalized spacial score (nSPS) is 30.2. The summed E-state index contributed by atoms with van der Waals surface area (Å²) >= 11 is -1.61. The maximum absolute atomic E-state index is 11.4. The fourth-order valence-corrected chi connectivity index (χ4v) is 4.25. The van der Waals surface area contributed by atoms with Gasteiger partial charge in [-0.15, -0.1) is 0 Å². The van der Waals surface area contributed by atoms with Crippen LogP contribution in [-0.4, -0.2) is 36.5 Å². The summed E-state index contributed by atoms with van der Waals surface area (Å²) in [6, 6.07) is 0. The lowest BCUT2D eigenvalue weighted by Crippen LogP contribution is -2.42. The maximum Gasteiger partial charge on any atom is 0.338 e. The molecule has 2 aliphatic rings. The van der Waals surface area contributed by atoms with Crippen molar-refractivity contribution in [3.05, 3.63) is 0 Å². The molecular weight excluding hydrogens is 266 g/mol. The van der Waals surface area contributed by atoms with E-state index in [1.165, 1.54) is 0 Å². The van der Waals surface area contributed by atoms with Gasteiger partial charge in [-0.1, -0.05) is 5.16 Å². The summed E-state index contributed by atoms with van der Waals surface area (Å²) in [7, 11) is -2.92. The van der Waals surface area contributed by atoms with Crippen molar-refractivity contribution in [3.63, 3.8) is 0 Å². The van der Waals surface area contributed by atoms with Crippen LogP contribution in [-0.2, 0) is 25.4 Å². The molecule has 1 saturated heterocycles. The lowest BCUT2D eigenvalue weighted by molar-refractivity contribution is 0.274. The summed E-state index contributed by atoms with van der Waals surface area (Å²) < 4.78 is 40.8. The molecule has 0 aliphatic carbocycles. The fourth-order valence-electron chi connectivity index (χ4n) is 2.06. The first-order chi connectivity index (χ1) is 7.95. The van der Waals surface area contributed by atoms with E-state index >= 15 is 0 Å². The van der Waals surface area contributed by atoms with Gasteiger partial charge in [0.25, 0.3) is 0 Å². The predicted octanol–water partition coefficient (Wildman–Crippen LogP) is -0.958. The van der Waals surface area contributed by atoms with Crippen LogP contribution in [0.15, 0.2) is 5.16 Å². The van der Waals surface area contributed by atoms with Crippen LogP contribution < -0.4 is 10.5 Å². The first-order valence-corrected chi connectivity index (χ1v) is 8.18. The lowest BCUT2D eigenvalue weighted by Gasteiger charge is -2.35. The zero-order chi connectivity index (χ0) is 12.5. The molecule has 2 heterocycles. The molecule has 0 aromatic carbocycles. The Hall–Kier alpha value is -0.670. The Morgan fingerprint density at radius 3 is 2.59 bits per heavy atom. The molecule has 1 atom stereocenters. The third-order valence-corrected chi connectivity index (χ3v) is 5.54. The van der Waals surface area contributed by atoms with Crippen LogP contribution in [0.25, 0.3) is 0 Å². The number of nitrogens with zero attached hydrogens (tertiary/aromatic N) is 1. The van der Waals surface area contributed by atoms with E-state index in [1.54, 1.807) is 0 Å². The van der Waals surface area contributed by atoms with Crippen molar-refractivity contribution in [2.75, 3.05) is 18.1 Å². The third-order valence-electron chi connectivity index (χ3n) is 3.28. The molecule has 3 N–H and O–H groups in total. The van der Waals surface area contributed by atoms with E-state index in [2.05, 4.69) is 14.2 Å². The summed E-state index contributed by atoms with van der Waals surface area (Å²) in [5.74, 6) is 0.788. The summed E-state index contributed by atoms with van der Waals surface area (Å²) in [5.41, 5.74) is 5.46. The minimum atomic E-state index is -2.92. The highest BCUT2D eigenvalue weighted by Crippen LogP contribution is 2.35. The van der Waals surface area contributed by atoms with Gasteiger partial charge in [0.1, 0.15) is 9.84 Å². The molecule has 0 radical (unpaired) electrons. The van der Waals surface area contributed by atoms with Crippen molar-refractivity contribution < 1.29 is 16.9 Å². The van der Waals surface area contributed by atoms with Gasteiger partial charge in [-0.2, -0.15) is 4.21 Å². The maximum atomic E-state index is 11.4. The molecular formula is C8H15N3O4S2. The molecule has 2 rings (SSSR count). The molecule has 2 aliphatic heterocycles. The van der Waals surface area contributed by atoms with Gasteiger partial charge in [0.05, 0.1) is 11.5 Å². The zero-order valence-corrected chi connectivity index (χ0v) is 10.8. The Morgan fingerprint density at radius 1 is 1.47 bits per heavy atom. The molecule has 0 aromatic rings. The number of sulfone groups is 1. The number of amidine groups is 1. The molecule has 98 valence electrons. The molecule has 7 nitrogen and oxygen atoms in total. The van der Waals surface area contributed by atoms with Crippen LogP contribution in [0.4, 0.5) is 0 Å². The summed E-state index contributed by atoms with van der Waals surface area (Å²) in [6.45, 7) is 0.385. The number of nitrogens with two attached hydrogens (primary N) is 1. The van der Waals surface area contributed by atoms with E-state index in [4.69, 9.17) is 5.73 Å². The van der Waals surface area contributed by atoms with Crippen molar-refractivity contribution in [1.82, 2.24) is 4.72 Å². The Labute approximate surface area is 102 Å². The molecule has 1 unspecified atom stereocenters. The van der Waals surface area contributed by atoms with Crippen LogP contribution in [0.2, 0.25) is 0 Å². The Morgan fingerprint density at radius 2 is 2.12 bits per heavy atom. The standard InChI is InChI=1S/C8H15N3O4S2/c9-6-8(1-3-17(13,14)4-2-8)5-7-10-15-16(12)11-7/h1-6,9H2,(H,10,11). The first kappa shape index (κ1) is 12.8. The molecule has 0 amide bonds. The number of hydrogen-bond acceptors (Lipinski definition) is 6. The predicted molar refractivity (Wildman–Crippen MR) is 63.8 cm³/mol. The molecule has 0 bridgehead atoms. The van der Waals surface area contributed by atoms with Crippen molar-refractivity contribution in [1.29, 1.82) is 0 Å². The average Bonchev–Trinajstić information content (AvgIpc) is 2.68. The van der Waals surface area contributed by atoms with E-state index in [-0.39, 0.29) is 16.9 Å². The van der Waals surface area contributed by atoms with Gasteiger partial charge >= 0.3 is 11.3 Å². The molecule has 0 saturated carbocycles. The van der Waals surface area contributed by atoms with Gasteiger partial charge < -0.3 is 5.73 Å². The first-order valence-electron chi connectivity index (χ1n) is 5.28. The summed E-state index contributed by atoms with van der Waals surface area (Å²) in [4.78, 5) is 0. The van der Waals surface area contributed by atoms with Gasteiger partial charge in [-0.3, -0.25) is 9.01 Å². The van der Waals surface area contributed by atoms with E-state index in [0.717, 1.165) is 0 Å². The van der Waals surface area contributed by atoms with Crippen molar-refractivity contribution in [2.45, 2.75) is 19.3 Å². The Balaban J connectivity index is 2.04. The molecule has 0 spiro atoms. The largest absolute Gasteiger partial charge is 0.338 e. The number of nitrogens with one attached hydrogen (secondary N) is 1. The highest BCUT2D eigenvalue weighted by atomic mass is 32.2. The van der Waals surface area contributed by atoms with E-state index < -0.39 is 21.1 Å². The highest BCUT2D eigenvalue weighted by molar-refractivity contribution is 7.91. The second-order valence-electron chi connectivity index (χ2n) is 4.48. The second kappa shape index (κ2) is 4.54. The molecule has 17 heavy (non-hydrogen) atoms. The SMILES string of the molecule is NCC1(CC2=NOS(=O)N2)CCS(=O)(=O)CC1. The van der Waals surface area contributed by atoms with E-state index in [1.807, 2.05) is 0 Å². The van der Waals surface area contributed by atoms with E-state index in [0.29, 0.717) is 31.6 Å². The highest BCUT2D eigenvalue weighted by Gasteiger charge is 2.38. The minimum absolute atomic E-state index is 0.154. The summed E-state index contributed by atoms with van der Waals surface area (Å²) in [5, 5.41) is 3.64. The van der Waals surface area contributed by atoms with Gasteiger partial charge in [0.15, 0.2) is 5.84 Å². The van der Waals surface area contributed by atoms with Crippen LogP contribution in [0, 0.1) is 5.41 Å². The number of oxime groups is 1. The topological polar surface area (TPSA) is 111 Å². The lowest BCUT2D eigenvalue weighted by atomic mass is 9.78. The van der Waals surface area contributed by atoms with Crippen LogP contribution >= 0.6 is 0 Å². The fraction of sp³-hybridized carbons (Fsp3) is 0.875. The smallest absolute Gasteiger partial charge is 0.330 e. The number of hydrogen-bond donors (Lipinski definition) is 2. The average molecular weight is 281 g/mol. The minimum Gasteiger partial charge on any atom is -0.330 e. The molecule has 0 aromatic heterocycles. The zero-order valence-electron chi connectivity index (χ0n) is 9.22. The van der Waals surface area contributed by atoms with Crippen LogP contribution in [0.1, 0.15) is 19.3 Å². The van der Waals surface area contributed by atoms with Gasteiger partial charge in [0.2, 0.25) is 0 Å². The van der Waals surface area contributed by atoms with Crippen molar-refractivity contribution >= 4 is 26.9 Å². The van der Waals surface area contributed by atoms with Crippen molar-refractivity contribution in [2.24, 2.45) is 16.3 Å². The third kappa shape index (κ3) is 2.96. The van der Waals surface area contributed by atoms with Crippen LogP contribution in [0.3, 0.4) is 0 Å². The van der Waals surface area contributed by atoms with Crippen LogP contribution in [0.5, 0.6) is 0 Å². The summed E-state index contributed by atoms with van der Waals surface area (Å²) in [6.07, 6.45) is 1.50. The van der Waals surface area contributed by atoms with Gasteiger partial charge in [0, 0.05) is 6.42 Å². The Bertz CT molecular complexity index is 445. The monoisotopic (exact) mass is 281 g/mol. The molecule has 1 fully saturated rings. The quantitative estimate of drug-likeness (QED) is 0.692. The van der Waals surface area contributed by atoms with Gasteiger partial charge in [-0.25, -0.2) is 8.42 Å². The number of rotatable bonds is 3. The van der Waals surface area contributed by atoms with Crippen molar-refractivity contribution in [3.8, 4) is 0 Å². The van der Waals surface area contributed by atoms with Gasteiger partial charge in [-0.05, 0) is 24.8 Å². The Kier molecular flexibility index (Phi) is 3.41. The molecule has 9 heteroatoms.